The molecule has 1 amide bonds. The molecule has 3 rings (SSSR count). The van der Waals surface area contributed by atoms with E-state index in [4.69, 9.17) is 4.74 Å². The van der Waals surface area contributed by atoms with Gasteiger partial charge in [0.25, 0.3) is 0 Å². The van der Waals surface area contributed by atoms with E-state index in [1.807, 2.05) is 6.07 Å². The molecule has 0 N–H and O–H groups in total. The van der Waals surface area contributed by atoms with Crippen molar-refractivity contribution in [1.29, 1.82) is 0 Å². The minimum absolute atomic E-state index is 0.00539. The van der Waals surface area contributed by atoms with E-state index in [0.717, 1.165) is 46.2 Å². The first kappa shape index (κ1) is 24.8. The number of hydrogen-bond acceptors (Lipinski definition) is 7. The predicted octanol–water partition coefficient (Wildman–Crippen LogP) is 4.68. The number of rotatable bonds is 7. The molecule has 6 nitrogen and oxygen atoms in total. The normalized spacial score (nSPS) is 15.8. The van der Waals surface area contributed by atoms with E-state index < -0.39 is 29.0 Å². The first-order valence-electron chi connectivity index (χ1n) is 9.74. The fourth-order valence-corrected chi connectivity index (χ4v) is 4.40. The van der Waals surface area contributed by atoms with Gasteiger partial charge in [-0.2, -0.15) is 18.3 Å². The van der Waals surface area contributed by atoms with Gasteiger partial charge >= 0.3 is 12.1 Å². The summed E-state index contributed by atoms with van der Waals surface area (Å²) in [4.78, 5) is 36.6. The molecule has 2 aromatic carbocycles. The number of carbonyl (C=O) groups is 3. The molecule has 0 fully saturated rings. The Morgan fingerprint density at radius 1 is 1.09 bits per heavy atom. The summed E-state index contributed by atoms with van der Waals surface area (Å²) >= 11 is 1.89. The van der Waals surface area contributed by atoms with Crippen LogP contribution in [-0.4, -0.2) is 38.2 Å². The van der Waals surface area contributed by atoms with Gasteiger partial charge in [-0.25, -0.2) is 9.80 Å². The van der Waals surface area contributed by atoms with Gasteiger partial charge in [0.15, 0.2) is 5.12 Å². The van der Waals surface area contributed by atoms with E-state index in [-0.39, 0.29) is 28.9 Å². The van der Waals surface area contributed by atoms with Gasteiger partial charge in [-0.3, -0.25) is 9.59 Å². The molecule has 0 bridgehead atoms. The van der Waals surface area contributed by atoms with Crippen LogP contribution in [0.5, 0.6) is 0 Å². The van der Waals surface area contributed by atoms with Crippen LogP contribution >= 0.6 is 23.5 Å². The maximum atomic E-state index is 12.9. The van der Waals surface area contributed by atoms with Gasteiger partial charge in [0.05, 0.1) is 5.56 Å². The van der Waals surface area contributed by atoms with Crippen LogP contribution in [0.15, 0.2) is 59.7 Å². The highest BCUT2D eigenvalue weighted by atomic mass is 32.2. The summed E-state index contributed by atoms with van der Waals surface area (Å²) in [6.45, 7) is 1.38. The van der Waals surface area contributed by atoms with Crippen molar-refractivity contribution >= 4 is 45.6 Å². The van der Waals surface area contributed by atoms with Gasteiger partial charge in [-0.15, -0.1) is 0 Å². The lowest BCUT2D eigenvalue weighted by atomic mass is 10.1. The quantitative estimate of drug-likeness (QED) is 0.518. The fourth-order valence-electron chi connectivity index (χ4n) is 2.79. The summed E-state index contributed by atoms with van der Waals surface area (Å²) in [5.74, 6) is -0.992. The van der Waals surface area contributed by atoms with Crippen LogP contribution in [0.4, 0.5) is 13.2 Å². The van der Waals surface area contributed by atoms with E-state index >= 15 is 0 Å². The maximum Gasteiger partial charge on any atom is 0.416 e. The number of hydrazone groups is 1. The number of alkyl halides is 3. The molecule has 1 atom stereocenters. The highest BCUT2D eigenvalue weighted by Crippen LogP contribution is 2.34. The summed E-state index contributed by atoms with van der Waals surface area (Å²) in [5, 5.41) is 4.12. The topological polar surface area (TPSA) is 76.0 Å². The molecular formula is C22H19F3N2O4S2. The van der Waals surface area contributed by atoms with Crippen molar-refractivity contribution in [2.45, 2.75) is 31.5 Å². The molecule has 11 heteroatoms. The third-order valence-corrected chi connectivity index (χ3v) is 6.38. The molecule has 33 heavy (non-hydrogen) atoms. The Bertz CT molecular complexity index is 1040. The molecule has 0 aromatic heterocycles. The first-order valence-corrected chi connectivity index (χ1v) is 11.6. The van der Waals surface area contributed by atoms with Crippen molar-refractivity contribution in [3.05, 3.63) is 71.3 Å². The van der Waals surface area contributed by atoms with Crippen LogP contribution in [0.3, 0.4) is 0 Å². The lowest BCUT2D eigenvalue weighted by molar-refractivity contribution is -0.151. The SMILES string of the molecule is CC(=O)SCCC(=O)N1N=C(c2ccc(C(F)(F)F)cc2)SC1C(=O)OCc1ccccc1. The molecule has 2 aromatic rings. The van der Waals surface area contributed by atoms with Crippen LogP contribution < -0.4 is 0 Å². The molecule has 1 aliphatic heterocycles. The number of hydrogen-bond donors (Lipinski definition) is 0. The molecule has 0 saturated heterocycles. The zero-order valence-corrected chi connectivity index (χ0v) is 19.0. The first-order chi connectivity index (χ1) is 15.6. The smallest absolute Gasteiger partial charge is 0.416 e. The summed E-state index contributed by atoms with van der Waals surface area (Å²) in [6.07, 6.45) is -4.53. The summed E-state index contributed by atoms with van der Waals surface area (Å²) in [7, 11) is 0. The Balaban J connectivity index is 1.76. The lowest BCUT2D eigenvalue weighted by Crippen LogP contribution is -2.38. The largest absolute Gasteiger partial charge is 0.459 e. The third-order valence-electron chi connectivity index (χ3n) is 4.41. The standard InChI is InChI=1S/C22H19F3N2O4S2/c1-14(28)32-12-11-18(29)27-20(21(30)31-13-15-5-3-2-4-6-15)33-19(26-27)16-7-9-17(10-8-16)22(23,24)25/h2-10,20H,11-13H2,1H3. The van der Waals surface area contributed by atoms with E-state index in [1.54, 1.807) is 24.3 Å². The van der Waals surface area contributed by atoms with Gasteiger partial charge in [0.1, 0.15) is 11.7 Å². The second-order valence-electron chi connectivity index (χ2n) is 6.87. The molecule has 0 radical (unpaired) electrons. The highest BCUT2D eigenvalue weighted by molar-refractivity contribution is 8.15. The van der Waals surface area contributed by atoms with E-state index in [2.05, 4.69) is 5.10 Å². The number of ether oxygens (including phenoxy) is 1. The van der Waals surface area contributed by atoms with Gasteiger partial charge in [-0.05, 0) is 17.7 Å². The lowest BCUT2D eigenvalue weighted by Gasteiger charge is -2.19. The van der Waals surface area contributed by atoms with Crippen molar-refractivity contribution in [2.24, 2.45) is 5.10 Å². The van der Waals surface area contributed by atoms with Crippen LogP contribution in [0.1, 0.15) is 30.0 Å². The highest BCUT2D eigenvalue weighted by Gasteiger charge is 2.39. The predicted molar refractivity (Wildman–Crippen MR) is 120 cm³/mol. The van der Waals surface area contributed by atoms with E-state index in [1.165, 1.54) is 19.1 Å². The number of esters is 1. The van der Waals surface area contributed by atoms with Crippen LogP contribution in [0, 0.1) is 0 Å². The van der Waals surface area contributed by atoms with Crippen LogP contribution in [-0.2, 0) is 31.9 Å². The fraction of sp³-hybridized carbons (Fsp3) is 0.273. The van der Waals surface area contributed by atoms with Crippen molar-refractivity contribution in [1.82, 2.24) is 5.01 Å². The van der Waals surface area contributed by atoms with Crippen molar-refractivity contribution < 1.29 is 32.3 Å². The molecule has 1 unspecified atom stereocenters. The molecule has 0 saturated carbocycles. The molecule has 174 valence electrons. The minimum Gasteiger partial charge on any atom is -0.459 e. The van der Waals surface area contributed by atoms with E-state index in [0.29, 0.717) is 5.56 Å². The zero-order chi connectivity index (χ0) is 24.0. The monoisotopic (exact) mass is 496 g/mol. The van der Waals surface area contributed by atoms with Crippen LogP contribution in [0.2, 0.25) is 0 Å². The third kappa shape index (κ3) is 6.84. The number of amides is 1. The number of nitrogens with zero attached hydrogens (tertiary/aromatic N) is 2. The van der Waals surface area contributed by atoms with Crippen LogP contribution in [0.25, 0.3) is 0 Å². The summed E-state index contributed by atoms with van der Waals surface area (Å²) in [6, 6.07) is 13.3. The average Bonchev–Trinajstić information content (AvgIpc) is 3.23. The van der Waals surface area contributed by atoms with E-state index in [9.17, 15) is 27.6 Å². The zero-order valence-electron chi connectivity index (χ0n) is 17.4. The van der Waals surface area contributed by atoms with Gasteiger partial charge in [-0.1, -0.05) is 66.0 Å². The second kappa shape index (κ2) is 10.9. The van der Waals surface area contributed by atoms with Gasteiger partial charge in [0, 0.05) is 24.7 Å². The maximum absolute atomic E-state index is 12.9. The molecule has 0 spiro atoms. The number of thioether (sulfide) groups is 2. The average molecular weight is 497 g/mol. The van der Waals surface area contributed by atoms with Gasteiger partial charge in [0.2, 0.25) is 11.3 Å². The second-order valence-corrected chi connectivity index (χ2v) is 9.21. The Hall–Kier alpha value is -2.79. The Morgan fingerprint density at radius 3 is 2.36 bits per heavy atom. The van der Waals surface area contributed by atoms with Crippen molar-refractivity contribution in [2.75, 3.05) is 5.75 Å². The Kier molecular flexibility index (Phi) is 8.20. The minimum atomic E-state index is -4.48. The van der Waals surface area contributed by atoms with Gasteiger partial charge < -0.3 is 4.74 Å². The number of halogens is 3. The van der Waals surface area contributed by atoms with Crippen molar-refractivity contribution in [3.63, 3.8) is 0 Å². The molecular weight excluding hydrogens is 477 g/mol. The molecule has 1 aliphatic rings. The Morgan fingerprint density at radius 2 is 1.76 bits per heavy atom. The van der Waals surface area contributed by atoms with Crippen molar-refractivity contribution in [3.8, 4) is 0 Å². The molecule has 0 aliphatic carbocycles. The molecule has 1 heterocycles. The number of benzene rings is 2. The summed E-state index contributed by atoms with van der Waals surface area (Å²) < 4.78 is 43.9. The Labute approximate surface area is 196 Å². The number of carbonyl (C=O) groups excluding carboxylic acids is 3. The summed E-state index contributed by atoms with van der Waals surface area (Å²) in [5.41, 5.74) is 0.276.